The molecule has 5 rings (SSSR count). The first-order valence-electron chi connectivity index (χ1n) is 12.0. The highest BCUT2D eigenvalue weighted by molar-refractivity contribution is 5.94. The zero-order valence-corrected chi connectivity index (χ0v) is 20.1. The molecule has 0 radical (unpaired) electrons. The third-order valence-corrected chi connectivity index (χ3v) is 6.75. The van der Waals surface area contributed by atoms with E-state index in [4.69, 9.17) is 4.98 Å². The topological polar surface area (TPSA) is 55.2 Å². The number of rotatable bonds is 6. The van der Waals surface area contributed by atoms with Crippen LogP contribution in [0.5, 0.6) is 0 Å². The molecule has 0 spiro atoms. The Balaban J connectivity index is 1.53. The Morgan fingerprint density at radius 3 is 2.23 bits per heavy atom. The van der Waals surface area contributed by atoms with Gasteiger partial charge in [-0.05, 0) is 36.6 Å². The van der Waals surface area contributed by atoms with Crippen molar-refractivity contribution in [3.8, 4) is 0 Å². The summed E-state index contributed by atoms with van der Waals surface area (Å²) in [6.07, 6.45) is 0.736. The summed E-state index contributed by atoms with van der Waals surface area (Å²) < 4.78 is 1.85. The molecule has 1 aromatic heterocycles. The van der Waals surface area contributed by atoms with E-state index in [0.717, 1.165) is 46.7 Å². The number of hydrogen-bond donors (Lipinski definition) is 0. The zero-order valence-electron chi connectivity index (χ0n) is 20.1. The van der Waals surface area contributed by atoms with Crippen LogP contribution in [0.1, 0.15) is 57.1 Å². The Bertz CT molecular complexity index is 1370. The molecule has 0 amide bonds. The second-order valence-corrected chi connectivity index (χ2v) is 9.20. The number of Topliss-reactive ketones (excluding diaryl/α,β-unsaturated/α-hetero) is 1. The summed E-state index contributed by atoms with van der Waals surface area (Å²) >= 11 is 0. The lowest BCUT2D eigenvalue weighted by atomic mass is 9.97. The van der Waals surface area contributed by atoms with Gasteiger partial charge in [0.15, 0.2) is 5.78 Å². The Morgan fingerprint density at radius 2 is 1.60 bits per heavy atom. The molecule has 0 fully saturated rings. The van der Waals surface area contributed by atoms with Crippen molar-refractivity contribution in [2.75, 3.05) is 6.54 Å². The van der Waals surface area contributed by atoms with Crippen LogP contribution in [0.15, 0.2) is 89.7 Å². The summed E-state index contributed by atoms with van der Waals surface area (Å²) in [6, 6.07) is 27.8. The zero-order chi connectivity index (χ0) is 24.4. The normalized spacial score (nSPS) is 13.6. The third kappa shape index (κ3) is 4.73. The molecule has 1 aliphatic heterocycles. The molecular formula is C30H29N3O2. The highest BCUT2D eigenvalue weighted by Crippen LogP contribution is 2.27. The Morgan fingerprint density at radius 1 is 0.943 bits per heavy atom. The van der Waals surface area contributed by atoms with Gasteiger partial charge in [-0.25, -0.2) is 4.98 Å². The van der Waals surface area contributed by atoms with Gasteiger partial charge in [-0.2, -0.15) is 0 Å². The fraction of sp³-hybridized carbons (Fsp3) is 0.233. The van der Waals surface area contributed by atoms with E-state index in [0.29, 0.717) is 18.7 Å². The van der Waals surface area contributed by atoms with Gasteiger partial charge in [0.1, 0.15) is 5.82 Å². The number of hydrogen-bond acceptors (Lipinski definition) is 4. The number of carbonyl (C=O) groups excluding carboxylic acids is 1. The third-order valence-electron chi connectivity index (χ3n) is 6.75. The molecule has 3 aromatic carbocycles. The number of fused-ring (bicyclic) bond motifs is 1. The lowest BCUT2D eigenvalue weighted by Crippen LogP contribution is -2.40. The van der Waals surface area contributed by atoms with E-state index in [1.54, 1.807) is 6.92 Å². The summed E-state index contributed by atoms with van der Waals surface area (Å²) in [5.74, 6) is 0.792. The van der Waals surface area contributed by atoms with E-state index >= 15 is 0 Å². The van der Waals surface area contributed by atoms with Crippen LogP contribution in [0.3, 0.4) is 0 Å². The molecule has 0 atom stereocenters. The number of nitrogens with zero attached hydrogens (tertiary/aromatic N) is 3. The number of ketones is 1. The van der Waals surface area contributed by atoms with Gasteiger partial charge >= 0.3 is 0 Å². The number of benzene rings is 3. The van der Waals surface area contributed by atoms with Crippen molar-refractivity contribution >= 4 is 5.78 Å². The summed E-state index contributed by atoms with van der Waals surface area (Å²) in [5.41, 5.74) is 5.59. The minimum atomic E-state index is -0.245. The molecule has 0 aliphatic carbocycles. The smallest absolute Gasteiger partial charge is 0.259 e. The van der Waals surface area contributed by atoms with Crippen molar-refractivity contribution < 1.29 is 4.79 Å². The van der Waals surface area contributed by atoms with Gasteiger partial charge in [-0.1, -0.05) is 78.9 Å². The lowest BCUT2D eigenvalue weighted by Gasteiger charge is -2.30. The van der Waals surface area contributed by atoms with Crippen LogP contribution in [0, 0.1) is 6.92 Å². The molecule has 5 heteroatoms. The average Bonchev–Trinajstić information content (AvgIpc) is 2.88. The second kappa shape index (κ2) is 9.80. The quantitative estimate of drug-likeness (QED) is 0.380. The Hall–Kier alpha value is -3.83. The number of aromatic nitrogens is 2. The molecule has 0 saturated heterocycles. The van der Waals surface area contributed by atoms with Crippen LogP contribution in [-0.2, 0) is 19.5 Å². The van der Waals surface area contributed by atoms with Crippen molar-refractivity contribution in [3.05, 3.63) is 135 Å². The molecule has 0 saturated carbocycles. The summed E-state index contributed by atoms with van der Waals surface area (Å²) in [5, 5.41) is 0. The fourth-order valence-electron chi connectivity index (χ4n) is 5.01. The maximum Gasteiger partial charge on any atom is 0.259 e. The van der Waals surface area contributed by atoms with Gasteiger partial charge in [-0.3, -0.25) is 19.1 Å². The molecule has 5 nitrogen and oxygen atoms in total. The van der Waals surface area contributed by atoms with Crippen LogP contribution in [0.2, 0.25) is 0 Å². The molecule has 2 heterocycles. The maximum absolute atomic E-state index is 14.0. The van der Waals surface area contributed by atoms with Crippen LogP contribution in [0.4, 0.5) is 0 Å². The van der Waals surface area contributed by atoms with Crippen molar-refractivity contribution in [1.82, 2.24) is 14.5 Å². The SMILES string of the molecule is CC(=O)c1cccc(CN2CCc3nc(C)n(C(c4ccccc4)c4ccccc4)c(=O)c3C2)c1. The minimum Gasteiger partial charge on any atom is -0.295 e. The van der Waals surface area contributed by atoms with Crippen molar-refractivity contribution in [3.63, 3.8) is 0 Å². The molecule has 0 N–H and O–H groups in total. The maximum atomic E-state index is 14.0. The molecule has 0 unspecified atom stereocenters. The van der Waals surface area contributed by atoms with Crippen molar-refractivity contribution in [1.29, 1.82) is 0 Å². The molecule has 176 valence electrons. The van der Waals surface area contributed by atoms with E-state index in [1.165, 1.54) is 0 Å². The first kappa shape index (κ1) is 22.9. The Labute approximate surface area is 205 Å². The number of aryl methyl sites for hydroxylation is 1. The summed E-state index contributed by atoms with van der Waals surface area (Å²) in [6.45, 7) is 5.58. The molecule has 1 aliphatic rings. The largest absolute Gasteiger partial charge is 0.295 e. The highest BCUT2D eigenvalue weighted by Gasteiger charge is 2.27. The summed E-state index contributed by atoms with van der Waals surface area (Å²) in [4.78, 5) is 33.0. The number of carbonyl (C=O) groups is 1. The van der Waals surface area contributed by atoms with Crippen LogP contribution in [0.25, 0.3) is 0 Å². The van der Waals surface area contributed by atoms with Crippen molar-refractivity contribution in [2.24, 2.45) is 0 Å². The second-order valence-electron chi connectivity index (χ2n) is 9.20. The average molecular weight is 464 g/mol. The highest BCUT2D eigenvalue weighted by atomic mass is 16.1. The first-order valence-corrected chi connectivity index (χ1v) is 12.0. The Kier molecular flexibility index (Phi) is 6.43. The van der Waals surface area contributed by atoms with E-state index < -0.39 is 0 Å². The summed E-state index contributed by atoms with van der Waals surface area (Å²) in [7, 11) is 0. The van der Waals surface area contributed by atoms with E-state index in [1.807, 2.05) is 72.2 Å². The standard InChI is InChI=1S/C30H29N3O2/c1-21(34)26-15-9-10-23(18-26)19-32-17-16-28-27(20-32)30(35)33(22(2)31-28)29(24-11-5-3-6-12-24)25-13-7-4-8-14-25/h3-15,18,29H,16-17,19-20H2,1-2H3. The molecule has 4 aromatic rings. The van der Waals surface area contributed by atoms with Crippen LogP contribution < -0.4 is 5.56 Å². The van der Waals surface area contributed by atoms with Gasteiger partial charge in [0.05, 0.1) is 17.3 Å². The minimum absolute atomic E-state index is 0.0207. The predicted octanol–water partition coefficient (Wildman–Crippen LogP) is 4.95. The van der Waals surface area contributed by atoms with E-state index in [2.05, 4.69) is 29.2 Å². The molecular weight excluding hydrogens is 434 g/mol. The molecule has 0 bridgehead atoms. The fourth-order valence-corrected chi connectivity index (χ4v) is 5.01. The van der Waals surface area contributed by atoms with Gasteiger partial charge in [-0.15, -0.1) is 0 Å². The van der Waals surface area contributed by atoms with E-state index in [9.17, 15) is 9.59 Å². The van der Waals surface area contributed by atoms with Crippen LogP contribution in [-0.4, -0.2) is 26.8 Å². The monoisotopic (exact) mass is 463 g/mol. The van der Waals surface area contributed by atoms with Gasteiger partial charge in [0, 0.05) is 31.6 Å². The van der Waals surface area contributed by atoms with Gasteiger partial charge in [0.2, 0.25) is 0 Å². The van der Waals surface area contributed by atoms with Crippen molar-refractivity contribution in [2.45, 2.75) is 39.4 Å². The lowest BCUT2D eigenvalue weighted by molar-refractivity contribution is 0.101. The van der Waals surface area contributed by atoms with Gasteiger partial charge < -0.3 is 0 Å². The predicted molar refractivity (Wildman–Crippen MR) is 138 cm³/mol. The van der Waals surface area contributed by atoms with E-state index in [-0.39, 0.29) is 17.4 Å². The molecule has 35 heavy (non-hydrogen) atoms. The van der Waals surface area contributed by atoms with Crippen LogP contribution >= 0.6 is 0 Å². The first-order chi connectivity index (χ1) is 17.0. The van der Waals surface area contributed by atoms with Gasteiger partial charge in [0.25, 0.3) is 5.56 Å².